The first-order chi connectivity index (χ1) is 17.4. The molecule has 0 aliphatic heterocycles. The minimum absolute atomic E-state index is 0.0299. The molecular formula is C24H29N7O5. The lowest BCUT2D eigenvalue weighted by molar-refractivity contribution is -0.145. The number of imidazole rings is 1. The van der Waals surface area contributed by atoms with Crippen LogP contribution >= 0.6 is 0 Å². The molecule has 12 nitrogen and oxygen atoms in total. The van der Waals surface area contributed by atoms with Gasteiger partial charge in [0.25, 0.3) is 11.4 Å². The number of aryl methyl sites for hydroxylation is 2. The summed E-state index contributed by atoms with van der Waals surface area (Å²) in [5, 5.41) is 3.87. The molecule has 1 N–H and O–H groups in total. The summed E-state index contributed by atoms with van der Waals surface area (Å²) in [7, 11) is 0. The van der Waals surface area contributed by atoms with Gasteiger partial charge in [-0.05, 0) is 24.5 Å². The van der Waals surface area contributed by atoms with Crippen LogP contribution in [0.3, 0.4) is 0 Å². The second-order valence-electron chi connectivity index (χ2n) is 8.88. The number of unbranched alkanes of at least 4 members (excludes halogenated alkanes) is 1. The number of hydrogen-bond donors (Lipinski definition) is 1. The largest absolute Gasteiger partial charge is 0.456 e. The van der Waals surface area contributed by atoms with Crippen LogP contribution in [0.2, 0.25) is 0 Å². The number of hydrogen-bond acceptors (Lipinski definition) is 9. The number of fused-ring (bicyclic) bond motifs is 1. The highest BCUT2D eigenvalue weighted by atomic mass is 16.6. The molecule has 36 heavy (non-hydrogen) atoms. The molecule has 0 amide bonds. The molecule has 0 radical (unpaired) electrons. The van der Waals surface area contributed by atoms with Crippen molar-refractivity contribution in [1.82, 2.24) is 34.2 Å². The first-order valence-electron chi connectivity index (χ1n) is 12.0. The van der Waals surface area contributed by atoms with Crippen LogP contribution in [0.1, 0.15) is 51.7 Å². The Bertz CT molecular complexity index is 1450. The Kier molecular flexibility index (Phi) is 7.71. The molecule has 0 unspecified atom stereocenters. The fourth-order valence-corrected chi connectivity index (χ4v) is 3.85. The molecule has 0 spiro atoms. The van der Waals surface area contributed by atoms with Crippen LogP contribution in [0.25, 0.3) is 22.6 Å². The number of ether oxygens (including phenoxy) is 1. The van der Waals surface area contributed by atoms with Crippen LogP contribution in [0.5, 0.6) is 0 Å². The molecule has 0 aliphatic rings. The second-order valence-corrected chi connectivity index (χ2v) is 8.88. The number of rotatable bonds is 11. The van der Waals surface area contributed by atoms with Crippen molar-refractivity contribution in [2.75, 3.05) is 0 Å². The zero-order chi connectivity index (χ0) is 25.7. The quantitative estimate of drug-likeness (QED) is 0.309. The molecule has 4 aromatic heterocycles. The van der Waals surface area contributed by atoms with E-state index < -0.39 is 17.2 Å². The standard InChI is InChI=1S/C24H29N7O5/c1-4-5-11-30-22-20(23(33)28-24(30)34)31(13-15(2)3)17(26-22)8-9-19(32)35-14-18-27-21(29-36-18)16-7-6-10-25-12-16/h6-7,10,12,15H,4-5,8-9,11,13-14H2,1-3H3,(H,28,33,34). The van der Waals surface area contributed by atoms with Gasteiger partial charge in [-0.2, -0.15) is 4.98 Å². The van der Waals surface area contributed by atoms with E-state index in [0.717, 1.165) is 12.8 Å². The van der Waals surface area contributed by atoms with Gasteiger partial charge in [0.1, 0.15) is 5.82 Å². The number of aromatic amines is 1. The van der Waals surface area contributed by atoms with Crippen LogP contribution in [0.15, 0.2) is 38.6 Å². The summed E-state index contributed by atoms with van der Waals surface area (Å²) in [5.41, 5.74) is 0.415. The average molecular weight is 496 g/mol. The van der Waals surface area contributed by atoms with Gasteiger partial charge in [-0.25, -0.2) is 9.78 Å². The third-order valence-corrected chi connectivity index (χ3v) is 5.54. The molecule has 12 heteroatoms. The minimum Gasteiger partial charge on any atom is -0.456 e. The monoisotopic (exact) mass is 495 g/mol. The third-order valence-electron chi connectivity index (χ3n) is 5.54. The lowest BCUT2D eigenvalue weighted by Crippen LogP contribution is -2.31. The predicted octanol–water partition coefficient (Wildman–Crippen LogP) is 2.46. The molecule has 190 valence electrons. The van der Waals surface area contributed by atoms with Gasteiger partial charge in [-0.15, -0.1) is 0 Å². The van der Waals surface area contributed by atoms with Gasteiger partial charge < -0.3 is 13.8 Å². The van der Waals surface area contributed by atoms with E-state index in [-0.39, 0.29) is 31.3 Å². The van der Waals surface area contributed by atoms with Crippen molar-refractivity contribution in [2.45, 2.75) is 66.2 Å². The first kappa shape index (κ1) is 25.0. The number of esters is 1. The highest BCUT2D eigenvalue weighted by molar-refractivity contribution is 5.72. The second kappa shape index (κ2) is 11.1. The lowest BCUT2D eigenvalue weighted by atomic mass is 10.2. The molecule has 4 rings (SSSR count). The van der Waals surface area contributed by atoms with Crippen molar-refractivity contribution in [3.8, 4) is 11.4 Å². The van der Waals surface area contributed by atoms with E-state index in [4.69, 9.17) is 9.26 Å². The van der Waals surface area contributed by atoms with Gasteiger partial charge in [0, 0.05) is 37.5 Å². The van der Waals surface area contributed by atoms with Gasteiger partial charge in [0.15, 0.2) is 17.8 Å². The number of carbonyl (C=O) groups is 1. The summed E-state index contributed by atoms with van der Waals surface area (Å²) in [6, 6.07) is 3.55. The number of pyridine rings is 1. The number of aromatic nitrogens is 7. The summed E-state index contributed by atoms with van der Waals surface area (Å²) in [6.45, 7) is 6.88. The maximum Gasteiger partial charge on any atom is 0.330 e. The van der Waals surface area contributed by atoms with Crippen molar-refractivity contribution < 1.29 is 14.1 Å². The lowest BCUT2D eigenvalue weighted by Gasteiger charge is -2.11. The van der Waals surface area contributed by atoms with Crippen LogP contribution in [-0.2, 0) is 35.6 Å². The zero-order valence-electron chi connectivity index (χ0n) is 20.6. The molecule has 0 aromatic carbocycles. The molecule has 0 fully saturated rings. The minimum atomic E-state index is -0.481. The van der Waals surface area contributed by atoms with Crippen molar-refractivity contribution in [3.63, 3.8) is 0 Å². The fraction of sp³-hybridized carbons (Fsp3) is 0.458. The summed E-state index contributed by atoms with van der Waals surface area (Å²) in [4.78, 5) is 52.9. The van der Waals surface area contributed by atoms with Gasteiger partial charge in [0.05, 0.1) is 6.42 Å². The Morgan fingerprint density at radius 1 is 1.22 bits per heavy atom. The molecule has 0 atom stereocenters. The predicted molar refractivity (Wildman–Crippen MR) is 130 cm³/mol. The van der Waals surface area contributed by atoms with Crippen LogP contribution in [0.4, 0.5) is 0 Å². The van der Waals surface area contributed by atoms with Crippen LogP contribution in [-0.4, -0.2) is 40.2 Å². The highest BCUT2D eigenvalue weighted by Gasteiger charge is 2.20. The molecule has 0 saturated carbocycles. The van der Waals surface area contributed by atoms with Crippen molar-refractivity contribution in [2.24, 2.45) is 5.92 Å². The molecule has 0 saturated heterocycles. The van der Waals surface area contributed by atoms with E-state index in [0.29, 0.717) is 41.5 Å². The maximum atomic E-state index is 12.7. The van der Waals surface area contributed by atoms with Crippen LogP contribution in [0, 0.1) is 5.92 Å². The Labute approximate surface area is 206 Å². The molecular weight excluding hydrogens is 466 g/mol. The van der Waals surface area contributed by atoms with Gasteiger partial charge in [-0.1, -0.05) is 32.3 Å². The van der Waals surface area contributed by atoms with Gasteiger partial charge >= 0.3 is 11.7 Å². The number of nitrogens with zero attached hydrogens (tertiary/aromatic N) is 6. The average Bonchev–Trinajstić information content (AvgIpc) is 3.47. The van der Waals surface area contributed by atoms with E-state index in [1.54, 1.807) is 29.1 Å². The van der Waals surface area contributed by atoms with E-state index in [9.17, 15) is 14.4 Å². The smallest absolute Gasteiger partial charge is 0.330 e. The Hall–Kier alpha value is -4.09. The van der Waals surface area contributed by atoms with Crippen molar-refractivity contribution in [3.05, 3.63) is 57.1 Å². The normalized spacial score (nSPS) is 11.4. The van der Waals surface area contributed by atoms with Crippen molar-refractivity contribution >= 4 is 17.1 Å². The number of nitrogens with one attached hydrogen (secondary N) is 1. The Balaban J connectivity index is 1.48. The van der Waals surface area contributed by atoms with Crippen LogP contribution < -0.4 is 11.2 Å². The van der Waals surface area contributed by atoms with Crippen molar-refractivity contribution in [1.29, 1.82) is 0 Å². The van der Waals surface area contributed by atoms with E-state index in [1.807, 2.05) is 20.8 Å². The summed E-state index contributed by atoms with van der Waals surface area (Å²) in [6.07, 6.45) is 5.19. The summed E-state index contributed by atoms with van der Waals surface area (Å²) < 4.78 is 13.7. The molecule has 4 heterocycles. The maximum absolute atomic E-state index is 12.7. The molecule has 4 aromatic rings. The third kappa shape index (κ3) is 5.58. The summed E-state index contributed by atoms with van der Waals surface area (Å²) >= 11 is 0. The highest BCUT2D eigenvalue weighted by Crippen LogP contribution is 2.17. The van der Waals surface area contributed by atoms with E-state index >= 15 is 0 Å². The Morgan fingerprint density at radius 2 is 2.06 bits per heavy atom. The van der Waals surface area contributed by atoms with E-state index in [1.165, 1.54) is 4.57 Å². The van der Waals surface area contributed by atoms with Gasteiger partial charge in [-0.3, -0.25) is 24.1 Å². The summed E-state index contributed by atoms with van der Waals surface area (Å²) in [5.74, 6) is 0.817. The SMILES string of the molecule is CCCCn1c(=O)[nH]c(=O)c2c1nc(CCC(=O)OCc1nc(-c3cccnc3)no1)n2CC(C)C. The molecule has 0 aliphatic carbocycles. The fourth-order valence-electron chi connectivity index (χ4n) is 3.85. The molecule has 0 bridgehead atoms. The topological polar surface area (TPSA) is 151 Å². The first-order valence-corrected chi connectivity index (χ1v) is 12.0. The zero-order valence-corrected chi connectivity index (χ0v) is 20.6. The van der Waals surface area contributed by atoms with E-state index in [2.05, 4.69) is 25.1 Å². The Morgan fingerprint density at radius 3 is 2.78 bits per heavy atom. The number of H-pyrrole nitrogens is 1. The van der Waals surface area contributed by atoms with Gasteiger partial charge in [0.2, 0.25) is 5.82 Å². The number of carbonyl (C=O) groups excluding carboxylic acids is 1.